The predicted octanol–water partition coefficient (Wildman–Crippen LogP) is 3.58. The summed E-state index contributed by atoms with van der Waals surface area (Å²) >= 11 is 1.27. The lowest BCUT2D eigenvalue weighted by atomic mass is 10.1. The van der Waals surface area contributed by atoms with E-state index >= 15 is 0 Å². The Bertz CT molecular complexity index is 1220. The Hall–Kier alpha value is -3.85. The minimum Gasteiger partial charge on any atom is -0.272 e. The van der Waals surface area contributed by atoms with Gasteiger partial charge in [0, 0.05) is 41.1 Å². The first-order valence-electron chi connectivity index (χ1n) is 9.91. The molecule has 4 rings (SSSR count). The van der Waals surface area contributed by atoms with Crippen molar-refractivity contribution in [3.8, 4) is 16.9 Å². The number of carbonyl (C=O) groups is 1. The van der Waals surface area contributed by atoms with Gasteiger partial charge in [0.15, 0.2) is 5.16 Å². The predicted molar refractivity (Wildman–Crippen MR) is 125 cm³/mol. The summed E-state index contributed by atoms with van der Waals surface area (Å²) in [6.45, 7) is 3.80. The topological polar surface area (TPSA) is 98.0 Å². The minimum absolute atomic E-state index is 0.166. The second kappa shape index (κ2) is 9.97. The Morgan fingerprint density at radius 3 is 2.62 bits per heavy atom. The van der Waals surface area contributed by atoms with Gasteiger partial charge in [0.1, 0.15) is 5.69 Å². The summed E-state index contributed by atoms with van der Waals surface area (Å²) in [5, 5.41) is 9.40. The van der Waals surface area contributed by atoms with Crippen molar-refractivity contribution in [1.82, 2.24) is 30.2 Å². The molecule has 0 spiro atoms. The zero-order valence-electron chi connectivity index (χ0n) is 17.6. The maximum absolute atomic E-state index is 12.2. The van der Waals surface area contributed by atoms with E-state index in [0.29, 0.717) is 5.16 Å². The van der Waals surface area contributed by atoms with Crippen molar-refractivity contribution < 1.29 is 4.79 Å². The van der Waals surface area contributed by atoms with Crippen LogP contribution < -0.4 is 5.43 Å². The van der Waals surface area contributed by atoms with E-state index in [9.17, 15) is 4.79 Å². The van der Waals surface area contributed by atoms with Gasteiger partial charge in [-0.15, -0.1) is 0 Å². The van der Waals surface area contributed by atoms with E-state index in [1.54, 1.807) is 23.3 Å². The van der Waals surface area contributed by atoms with Gasteiger partial charge in [0.2, 0.25) is 0 Å². The molecule has 0 aliphatic carbocycles. The SMILES string of the molecule is Cc1cc(C)nc(SCC(=O)N/N=C/c2cn(-c3ccccc3)nc2-c2cccnc2)n1. The molecule has 0 saturated carbocycles. The van der Waals surface area contributed by atoms with Crippen molar-refractivity contribution in [1.29, 1.82) is 0 Å². The van der Waals surface area contributed by atoms with Crippen LogP contribution in [0.4, 0.5) is 0 Å². The highest BCUT2D eigenvalue weighted by atomic mass is 32.2. The number of hydrogen-bond donors (Lipinski definition) is 1. The Morgan fingerprint density at radius 1 is 1.12 bits per heavy atom. The van der Waals surface area contributed by atoms with Crippen molar-refractivity contribution in [2.24, 2.45) is 5.10 Å². The number of rotatable bonds is 7. The third-order valence-corrected chi connectivity index (χ3v) is 5.23. The Kier molecular flexibility index (Phi) is 6.66. The Morgan fingerprint density at radius 2 is 1.91 bits per heavy atom. The zero-order chi connectivity index (χ0) is 22.3. The number of hydrogen-bond acceptors (Lipinski definition) is 7. The molecular formula is C23H21N7OS. The van der Waals surface area contributed by atoms with Gasteiger partial charge in [-0.3, -0.25) is 9.78 Å². The lowest BCUT2D eigenvalue weighted by molar-refractivity contribution is -0.118. The number of nitrogens with one attached hydrogen (secondary N) is 1. The zero-order valence-corrected chi connectivity index (χ0v) is 18.5. The fourth-order valence-electron chi connectivity index (χ4n) is 3.02. The number of nitrogens with zero attached hydrogens (tertiary/aromatic N) is 6. The molecule has 3 aromatic heterocycles. The number of benzene rings is 1. The number of carbonyl (C=O) groups excluding carboxylic acids is 1. The van der Waals surface area contributed by atoms with E-state index in [0.717, 1.165) is 33.9 Å². The smallest absolute Gasteiger partial charge is 0.250 e. The molecule has 0 bridgehead atoms. The molecule has 3 heterocycles. The molecule has 0 aliphatic rings. The van der Waals surface area contributed by atoms with E-state index < -0.39 is 0 Å². The van der Waals surface area contributed by atoms with E-state index in [1.165, 1.54) is 11.8 Å². The fraction of sp³-hybridized carbons (Fsp3) is 0.130. The number of aromatic nitrogens is 5. The van der Waals surface area contributed by atoms with Gasteiger partial charge in [0.05, 0.1) is 17.7 Å². The van der Waals surface area contributed by atoms with E-state index in [2.05, 4.69) is 25.5 Å². The maximum atomic E-state index is 12.2. The number of para-hydroxylation sites is 1. The second-order valence-corrected chi connectivity index (χ2v) is 7.91. The molecular weight excluding hydrogens is 422 g/mol. The Labute approximate surface area is 189 Å². The molecule has 0 radical (unpaired) electrons. The highest BCUT2D eigenvalue weighted by Gasteiger charge is 2.11. The van der Waals surface area contributed by atoms with E-state index in [1.807, 2.05) is 68.6 Å². The van der Waals surface area contributed by atoms with Gasteiger partial charge in [0.25, 0.3) is 5.91 Å². The largest absolute Gasteiger partial charge is 0.272 e. The summed E-state index contributed by atoms with van der Waals surface area (Å²) in [5.74, 6) is -0.0775. The maximum Gasteiger partial charge on any atom is 0.250 e. The third kappa shape index (κ3) is 5.44. The molecule has 160 valence electrons. The number of hydrazone groups is 1. The molecule has 0 saturated heterocycles. The summed E-state index contributed by atoms with van der Waals surface area (Å²) in [6.07, 6.45) is 6.91. The Balaban J connectivity index is 1.47. The van der Waals surface area contributed by atoms with Crippen molar-refractivity contribution >= 4 is 23.9 Å². The lowest BCUT2D eigenvalue weighted by Gasteiger charge is -2.02. The first-order valence-corrected chi connectivity index (χ1v) is 10.9. The lowest BCUT2D eigenvalue weighted by Crippen LogP contribution is -2.19. The summed E-state index contributed by atoms with van der Waals surface area (Å²) in [6, 6.07) is 15.5. The number of thioether (sulfide) groups is 1. The van der Waals surface area contributed by atoms with Crippen LogP contribution in [0.15, 0.2) is 77.4 Å². The molecule has 0 unspecified atom stereocenters. The summed E-state index contributed by atoms with van der Waals surface area (Å²) in [5.41, 5.74) is 7.56. The summed E-state index contributed by atoms with van der Waals surface area (Å²) in [4.78, 5) is 25.1. The molecule has 1 amide bonds. The van der Waals surface area contributed by atoms with Gasteiger partial charge < -0.3 is 0 Å². The van der Waals surface area contributed by atoms with Crippen LogP contribution in [0.2, 0.25) is 0 Å². The first-order chi connectivity index (χ1) is 15.6. The molecule has 0 fully saturated rings. The van der Waals surface area contributed by atoms with Crippen molar-refractivity contribution in [3.05, 3.63) is 84.1 Å². The second-order valence-electron chi connectivity index (χ2n) is 6.97. The molecule has 9 heteroatoms. The highest BCUT2D eigenvalue weighted by molar-refractivity contribution is 7.99. The number of amides is 1. The molecule has 0 aliphatic heterocycles. The van der Waals surface area contributed by atoms with Crippen LogP contribution in [0.3, 0.4) is 0 Å². The van der Waals surface area contributed by atoms with Crippen LogP contribution in [0, 0.1) is 13.8 Å². The molecule has 8 nitrogen and oxygen atoms in total. The van der Waals surface area contributed by atoms with E-state index in [4.69, 9.17) is 5.10 Å². The first kappa shape index (κ1) is 21.4. The van der Waals surface area contributed by atoms with Crippen LogP contribution in [0.1, 0.15) is 17.0 Å². The minimum atomic E-state index is -0.243. The van der Waals surface area contributed by atoms with Crippen LogP contribution in [0.25, 0.3) is 16.9 Å². The van der Waals surface area contributed by atoms with Gasteiger partial charge in [-0.1, -0.05) is 30.0 Å². The van der Waals surface area contributed by atoms with E-state index in [-0.39, 0.29) is 11.7 Å². The van der Waals surface area contributed by atoms with Crippen LogP contribution in [-0.4, -0.2) is 42.6 Å². The summed E-state index contributed by atoms with van der Waals surface area (Å²) < 4.78 is 1.78. The summed E-state index contributed by atoms with van der Waals surface area (Å²) in [7, 11) is 0. The molecule has 1 N–H and O–H groups in total. The normalized spacial score (nSPS) is 11.1. The van der Waals surface area contributed by atoms with Gasteiger partial charge >= 0.3 is 0 Å². The van der Waals surface area contributed by atoms with Crippen molar-refractivity contribution in [3.63, 3.8) is 0 Å². The average Bonchev–Trinajstić information content (AvgIpc) is 3.22. The monoisotopic (exact) mass is 443 g/mol. The standard InChI is InChI=1S/C23H21N7OS/c1-16-11-17(2)27-23(26-16)32-15-21(31)28-25-13-19-14-30(20-8-4-3-5-9-20)29-22(19)18-7-6-10-24-12-18/h3-14H,15H2,1-2H3,(H,28,31)/b25-13+. The number of pyridine rings is 1. The van der Waals surface area contributed by atoms with Crippen LogP contribution in [0.5, 0.6) is 0 Å². The van der Waals surface area contributed by atoms with Crippen molar-refractivity contribution in [2.45, 2.75) is 19.0 Å². The van der Waals surface area contributed by atoms with Gasteiger partial charge in [-0.25, -0.2) is 20.1 Å². The fourth-order valence-corrected chi connectivity index (χ4v) is 3.76. The van der Waals surface area contributed by atoms with Crippen LogP contribution >= 0.6 is 11.8 Å². The molecule has 0 atom stereocenters. The van der Waals surface area contributed by atoms with Gasteiger partial charge in [-0.05, 0) is 44.2 Å². The number of aryl methyl sites for hydroxylation is 2. The van der Waals surface area contributed by atoms with Crippen LogP contribution in [-0.2, 0) is 4.79 Å². The van der Waals surface area contributed by atoms with Crippen molar-refractivity contribution in [2.75, 3.05) is 5.75 Å². The molecule has 1 aromatic carbocycles. The molecule has 4 aromatic rings. The third-order valence-electron chi connectivity index (χ3n) is 4.39. The highest BCUT2D eigenvalue weighted by Crippen LogP contribution is 2.21. The average molecular weight is 444 g/mol. The van der Waals surface area contributed by atoms with Gasteiger partial charge in [-0.2, -0.15) is 10.2 Å². The quantitative estimate of drug-likeness (QED) is 0.203. The molecule has 32 heavy (non-hydrogen) atoms.